The number of rotatable bonds is 10. The molecule has 0 saturated carbocycles. The molecule has 0 aliphatic rings. The van der Waals surface area contributed by atoms with Gasteiger partial charge in [-0.15, -0.1) is 0 Å². The molecule has 2 rings (SSSR count). The number of carbonyl (C=O) groups is 2. The summed E-state index contributed by atoms with van der Waals surface area (Å²) in [5.74, 6) is -0.193. The zero-order valence-electron chi connectivity index (χ0n) is 18.2. The van der Waals surface area contributed by atoms with E-state index >= 15 is 0 Å². The molecule has 1 unspecified atom stereocenters. The highest BCUT2D eigenvalue weighted by atomic mass is 19.1. The molecule has 0 aromatic heterocycles. The molecule has 2 amide bonds. The molecule has 2 aromatic carbocycles. The minimum Gasteiger partial charge on any atom is -0.483 e. The number of nitrogens with zero attached hydrogens (tertiary/aromatic N) is 1. The average molecular weight is 415 g/mol. The van der Waals surface area contributed by atoms with Crippen LogP contribution < -0.4 is 10.1 Å². The van der Waals surface area contributed by atoms with Crippen LogP contribution in [0.2, 0.25) is 0 Å². The molecule has 30 heavy (non-hydrogen) atoms. The molecule has 0 aliphatic carbocycles. The van der Waals surface area contributed by atoms with Gasteiger partial charge >= 0.3 is 0 Å². The topological polar surface area (TPSA) is 58.6 Å². The Kier molecular flexibility index (Phi) is 8.84. The average Bonchev–Trinajstić information content (AvgIpc) is 2.74. The van der Waals surface area contributed by atoms with Crippen LogP contribution >= 0.6 is 0 Å². The van der Waals surface area contributed by atoms with Crippen molar-refractivity contribution < 1.29 is 18.7 Å². The van der Waals surface area contributed by atoms with Gasteiger partial charge in [-0.05, 0) is 37.0 Å². The fourth-order valence-corrected chi connectivity index (χ4v) is 3.10. The molecule has 1 N–H and O–H groups in total. The molecular formula is C24H31FN2O3. The molecular weight excluding hydrogens is 383 g/mol. The fourth-order valence-electron chi connectivity index (χ4n) is 3.10. The first-order valence-electron chi connectivity index (χ1n) is 10.4. The summed E-state index contributed by atoms with van der Waals surface area (Å²) in [5.41, 5.74) is 1.35. The maximum atomic E-state index is 14.2. The predicted molar refractivity (Wildman–Crippen MR) is 116 cm³/mol. The normalized spacial score (nSPS) is 11.8. The van der Waals surface area contributed by atoms with E-state index in [9.17, 15) is 14.0 Å². The Balaban J connectivity index is 2.19. The van der Waals surface area contributed by atoms with Gasteiger partial charge in [-0.25, -0.2) is 4.39 Å². The lowest BCUT2D eigenvalue weighted by Gasteiger charge is -2.29. The third kappa shape index (κ3) is 6.31. The third-order valence-corrected chi connectivity index (χ3v) is 4.91. The lowest BCUT2D eigenvalue weighted by atomic mass is 10.0. The van der Waals surface area contributed by atoms with E-state index < -0.39 is 11.9 Å². The number of halogens is 1. The van der Waals surface area contributed by atoms with Gasteiger partial charge in [0, 0.05) is 18.7 Å². The van der Waals surface area contributed by atoms with Crippen molar-refractivity contribution in [3.8, 4) is 5.75 Å². The molecule has 0 bridgehead atoms. The molecule has 5 nitrogen and oxygen atoms in total. The molecule has 162 valence electrons. The molecule has 0 aliphatic heterocycles. The van der Waals surface area contributed by atoms with Crippen LogP contribution in [0.15, 0.2) is 48.5 Å². The van der Waals surface area contributed by atoms with Crippen LogP contribution in [0.5, 0.6) is 5.75 Å². The third-order valence-electron chi connectivity index (χ3n) is 4.91. The molecule has 0 spiro atoms. The highest BCUT2D eigenvalue weighted by Gasteiger charge is 2.27. The zero-order chi connectivity index (χ0) is 22.1. The van der Waals surface area contributed by atoms with E-state index in [1.807, 2.05) is 31.2 Å². The maximum Gasteiger partial charge on any atom is 0.261 e. The van der Waals surface area contributed by atoms with Crippen molar-refractivity contribution in [2.24, 2.45) is 0 Å². The Morgan fingerprint density at radius 1 is 1.07 bits per heavy atom. The minimum absolute atomic E-state index is 0.0125. The number of benzene rings is 2. The van der Waals surface area contributed by atoms with E-state index in [4.69, 9.17) is 4.74 Å². The maximum absolute atomic E-state index is 14.2. The second-order valence-corrected chi connectivity index (χ2v) is 7.56. The summed E-state index contributed by atoms with van der Waals surface area (Å²) >= 11 is 0. The molecule has 0 radical (unpaired) electrons. The lowest BCUT2D eigenvalue weighted by molar-refractivity contribution is -0.142. The van der Waals surface area contributed by atoms with Crippen molar-refractivity contribution in [2.75, 3.05) is 13.2 Å². The van der Waals surface area contributed by atoms with Crippen LogP contribution in [0.25, 0.3) is 0 Å². The summed E-state index contributed by atoms with van der Waals surface area (Å²) in [7, 11) is 0. The number of hydrogen-bond donors (Lipinski definition) is 1. The van der Waals surface area contributed by atoms with Gasteiger partial charge in [0.05, 0.1) is 0 Å². The quantitative estimate of drug-likeness (QED) is 0.632. The number of para-hydroxylation sites is 1. The number of carbonyl (C=O) groups excluding carboxylic acids is 2. The summed E-state index contributed by atoms with van der Waals surface area (Å²) in [4.78, 5) is 26.9. The van der Waals surface area contributed by atoms with Gasteiger partial charge in [-0.1, -0.05) is 57.2 Å². The predicted octanol–water partition coefficient (Wildman–Crippen LogP) is 4.27. The number of ether oxygens (including phenoxy) is 1. The SMILES string of the molecule is CCCNC(=O)C(C)N(Cc1ccccc1F)C(=O)COc1ccccc1C(C)C. The molecule has 1 atom stereocenters. The van der Waals surface area contributed by atoms with Gasteiger partial charge in [0.25, 0.3) is 5.91 Å². The van der Waals surface area contributed by atoms with Crippen molar-refractivity contribution in [1.82, 2.24) is 10.2 Å². The fraction of sp³-hybridized carbons (Fsp3) is 0.417. The van der Waals surface area contributed by atoms with Crippen LogP contribution in [0, 0.1) is 5.82 Å². The van der Waals surface area contributed by atoms with E-state index in [1.54, 1.807) is 25.1 Å². The summed E-state index contributed by atoms with van der Waals surface area (Å²) in [6, 6.07) is 13.1. The van der Waals surface area contributed by atoms with E-state index in [-0.39, 0.29) is 30.9 Å². The highest BCUT2D eigenvalue weighted by molar-refractivity contribution is 5.88. The molecule has 2 aromatic rings. The van der Waals surface area contributed by atoms with Gasteiger partial charge in [0.15, 0.2) is 6.61 Å². The minimum atomic E-state index is -0.757. The van der Waals surface area contributed by atoms with E-state index in [2.05, 4.69) is 19.2 Å². The number of hydrogen-bond acceptors (Lipinski definition) is 3. The molecule has 0 fully saturated rings. The monoisotopic (exact) mass is 414 g/mol. The van der Waals surface area contributed by atoms with Gasteiger partial charge in [0.1, 0.15) is 17.6 Å². The highest BCUT2D eigenvalue weighted by Crippen LogP contribution is 2.26. The van der Waals surface area contributed by atoms with Crippen LogP contribution in [-0.4, -0.2) is 35.9 Å². The summed E-state index contributed by atoms with van der Waals surface area (Å²) in [6.45, 7) is 7.97. The van der Waals surface area contributed by atoms with Crippen molar-refractivity contribution in [2.45, 2.75) is 52.6 Å². The van der Waals surface area contributed by atoms with Crippen molar-refractivity contribution in [3.63, 3.8) is 0 Å². The Morgan fingerprint density at radius 3 is 2.40 bits per heavy atom. The van der Waals surface area contributed by atoms with Gasteiger partial charge in [-0.2, -0.15) is 0 Å². The molecule has 6 heteroatoms. The van der Waals surface area contributed by atoms with Crippen LogP contribution in [0.3, 0.4) is 0 Å². The summed E-state index contributed by atoms with van der Waals surface area (Å²) in [5, 5.41) is 2.80. The Labute approximate surface area is 178 Å². The van der Waals surface area contributed by atoms with Crippen molar-refractivity contribution >= 4 is 11.8 Å². The van der Waals surface area contributed by atoms with Crippen molar-refractivity contribution in [1.29, 1.82) is 0 Å². The van der Waals surface area contributed by atoms with E-state index in [0.29, 0.717) is 17.9 Å². The van der Waals surface area contributed by atoms with Crippen LogP contribution in [0.4, 0.5) is 4.39 Å². The largest absolute Gasteiger partial charge is 0.483 e. The summed E-state index contributed by atoms with van der Waals surface area (Å²) in [6.07, 6.45) is 0.787. The second kappa shape index (κ2) is 11.3. The Hall–Kier alpha value is -2.89. The Morgan fingerprint density at radius 2 is 1.73 bits per heavy atom. The number of nitrogens with one attached hydrogen (secondary N) is 1. The zero-order valence-corrected chi connectivity index (χ0v) is 18.2. The van der Waals surface area contributed by atoms with E-state index in [1.165, 1.54) is 11.0 Å². The van der Waals surface area contributed by atoms with Crippen LogP contribution in [-0.2, 0) is 16.1 Å². The lowest BCUT2D eigenvalue weighted by Crippen LogP contribution is -2.49. The smallest absolute Gasteiger partial charge is 0.261 e. The first kappa shape index (κ1) is 23.4. The number of amides is 2. The van der Waals surface area contributed by atoms with Crippen LogP contribution in [0.1, 0.15) is 51.2 Å². The summed E-state index contributed by atoms with van der Waals surface area (Å²) < 4.78 is 20.0. The standard InChI is InChI=1S/C24H31FN2O3/c1-5-14-26-24(29)18(4)27(15-19-10-6-8-12-21(19)25)23(28)16-30-22-13-9-7-11-20(22)17(2)3/h6-13,17-18H,5,14-16H2,1-4H3,(H,26,29). The second-order valence-electron chi connectivity index (χ2n) is 7.56. The van der Waals surface area contributed by atoms with Gasteiger partial charge in [-0.3, -0.25) is 9.59 Å². The molecule has 0 heterocycles. The first-order chi connectivity index (χ1) is 14.3. The van der Waals surface area contributed by atoms with E-state index in [0.717, 1.165) is 12.0 Å². The van der Waals surface area contributed by atoms with Gasteiger partial charge < -0.3 is 15.0 Å². The molecule has 0 saturated heterocycles. The van der Waals surface area contributed by atoms with Crippen molar-refractivity contribution in [3.05, 3.63) is 65.5 Å². The van der Waals surface area contributed by atoms with Gasteiger partial charge in [0.2, 0.25) is 5.91 Å². The Bertz CT molecular complexity index is 854. The first-order valence-corrected chi connectivity index (χ1v) is 10.4.